The van der Waals surface area contributed by atoms with Crippen molar-refractivity contribution in [1.82, 2.24) is 0 Å². The summed E-state index contributed by atoms with van der Waals surface area (Å²) >= 11 is 0. The highest BCUT2D eigenvalue weighted by atomic mass is 19.3. The fraction of sp³-hybridized carbons (Fsp3) is 0.143. The van der Waals surface area contributed by atoms with Crippen molar-refractivity contribution >= 4 is 0 Å². The summed E-state index contributed by atoms with van der Waals surface area (Å²) in [5.41, 5.74) is 0. The van der Waals surface area contributed by atoms with E-state index in [9.17, 15) is 13.3 Å². The third-order valence-electron chi connectivity index (χ3n) is 1.14. The SMILES string of the molecule is FOc1ccc(OC(F)F)cc1. The van der Waals surface area contributed by atoms with Gasteiger partial charge in [0.25, 0.3) is 0 Å². The second kappa shape index (κ2) is 3.85. The molecule has 0 atom stereocenters. The van der Waals surface area contributed by atoms with E-state index >= 15 is 0 Å². The average Bonchev–Trinajstić information content (AvgIpc) is 2.05. The zero-order chi connectivity index (χ0) is 8.97. The van der Waals surface area contributed by atoms with Gasteiger partial charge in [0.2, 0.25) is 0 Å². The number of hydrogen-bond donors (Lipinski definition) is 0. The summed E-state index contributed by atoms with van der Waals surface area (Å²) in [5.74, 6) is -0.0950. The van der Waals surface area contributed by atoms with E-state index in [2.05, 4.69) is 9.68 Å². The van der Waals surface area contributed by atoms with Crippen LogP contribution in [0.2, 0.25) is 0 Å². The lowest BCUT2D eigenvalue weighted by Gasteiger charge is -2.02. The van der Waals surface area contributed by atoms with Crippen LogP contribution in [-0.2, 0) is 0 Å². The maximum Gasteiger partial charge on any atom is 0.387 e. The fourth-order valence-corrected chi connectivity index (χ4v) is 0.673. The second-order valence-corrected chi connectivity index (χ2v) is 1.93. The molecule has 0 bridgehead atoms. The summed E-state index contributed by atoms with van der Waals surface area (Å²) in [4.78, 5) is 3.33. The summed E-state index contributed by atoms with van der Waals surface area (Å²) in [5, 5.41) is 0. The Bertz CT molecular complexity index is 235. The first-order chi connectivity index (χ1) is 5.72. The van der Waals surface area contributed by atoms with Gasteiger partial charge < -0.3 is 4.74 Å². The number of benzene rings is 1. The molecule has 0 radical (unpaired) electrons. The van der Waals surface area contributed by atoms with E-state index in [0.29, 0.717) is 0 Å². The molecule has 0 aliphatic carbocycles. The molecule has 0 amide bonds. The number of ether oxygens (including phenoxy) is 1. The van der Waals surface area contributed by atoms with Crippen LogP contribution >= 0.6 is 0 Å². The van der Waals surface area contributed by atoms with E-state index in [1.165, 1.54) is 24.3 Å². The summed E-state index contributed by atoms with van der Waals surface area (Å²) in [7, 11) is 0. The van der Waals surface area contributed by atoms with Gasteiger partial charge in [0.15, 0.2) is 5.75 Å². The highest BCUT2D eigenvalue weighted by molar-refractivity contribution is 5.30. The van der Waals surface area contributed by atoms with Crippen molar-refractivity contribution in [2.45, 2.75) is 6.61 Å². The summed E-state index contributed by atoms with van der Waals surface area (Å²) in [6.07, 6.45) is 0. The molecule has 0 unspecified atom stereocenters. The van der Waals surface area contributed by atoms with Crippen LogP contribution in [-0.4, -0.2) is 6.61 Å². The Hall–Kier alpha value is -1.39. The van der Waals surface area contributed by atoms with Crippen molar-refractivity contribution in [2.24, 2.45) is 0 Å². The molecule has 0 N–H and O–H groups in total. The molecule has 0 aliphatic rings. The summed E-state index contributed by atoms with van der Waals surface area (Å²) in [6, 6.07) is 4.72. The van der Waals surface area contributed by atoms with Gasteiger partial charge in [-0.25, -0.2) is 0 Å². The first kappa shape index (κ1) is 8.70. The minimum absolute atomic E-state index is 0.0363. The van der Waals surface area contributed by atoms with Crippen LogP contribution < -0.4 is 9.68 Å². The predicted molar refractivity (Wildman–Crippen MR) is 34.8 cm³/mol. The topological polar surface area (TPSA) is 18.5 Å². The largest absolute Gasteiger partial charge is 0.435 e. The molecule has 5 heteroatoms. The first-order valence-electron chi connectivity index (χ1n) is 3.06. The van der Waals surface area contributed by atoms with Gasteiger partial charge in [-0.15, -0.1) is 0 Å². The van der Waals surface area contributed by atoms with Crippen LogP contribution in [0, 0.1) is 0 Å². The Morgan fingerprint density at radius 2 is 1.50 bits per heavy atom. The zero-order valence-electron chi connectivity index (χ0n) is 5.84. The number of halogens is 3. The molecule has 0 saturated heterocycles. The maximum atomic E-state index is 11.6. The van der Waals surface area contributed by atoms with E-state index < -0.39 is 6.61 Å². The summed E-state index contributed by atoms with van der Waals surface area (Å²) < 4.78 is 38.6. The number of alkyl halides is 2. The molecular formula is C7H5F3O2. The second-order valence-electron chi connectivity index (χ2n) is 1.93. The molecule has 2 nitrogen and oxygen atoms in total. The van der Waals surface area contributed by atoms with Crippen molar-refractivity contribution in [2.75, 3.05) is 0 Å². The van der Waals surface area contributed by atoms with Gasteiger partial charge in [0.05, 0.1) is 0 Å². The molecule has 1 aromatic rings. The molecule has 0 saturated carbocycles. The molecule has 12 heavy (non-hydrogen) atoms. The minimum Gasteiger partial charge on any atom is -0.435 e. The normalized spacial score (nSPS) is 10.0. The zero-order valence-corrected chi connectivity index (χ0v) is 5.84. The van der Waals surface area contributed by atoms with Crippen molar-refractivity contribution < 1.29 is 23.0 Å². The van der Waals surface area contributed by atoms with E-state index in [1.54, 1.807) is 0 Å². The lowest BCUT2D eigenvalue weighted by Crippen LogP contribution is -2.01. The quantitative estimate of drug-likeness (QED) is 0.708. The van der Waals surface area contributed by atoms with Gasteiger partial charge in [-0.2, -0.15) is 8.78 Å². The molecule has 1 aromatic carbocycles. The van der Waals surface area contributed by atoms with Crippen LogP contribution in [0.1, 0.15) is 0 Å². The van der Waals surface area contributed by atoms with E-state index in [0.717, 1.165) is 0 Å². The Labute approximate surface area is 66.4 Å². The molecule has 66 valence electrons. The van der Waals surface area contributed by atoms with Crippen LogP contribution in [0.25, 0.3) is 0 Å². The monoisotopic (exact) mass is 178 g/mol. The standard InChI is InChI=1S/C7H5F3O2/c8-7(9)11-5-1-3-6(12-10)4-2-5/h1-4,7H. The van der Waals surface area contributed by atoms with Gasteiger partial charge in [-0.3, -0.25) is 4.94 Å². The van der Waals surface area contributed by atoms with E-state index in [-0.39, 0.29) is 11.5 Å². The molecule has 0 aliphatic heterocycles. The molecule has 0 fully saturated rings. The first-order valence-corrected chi connectivity index (χ1v) is 3.06. The van der Waals surface area contributed by atoms with Crippen LogP contribution in [0.5, 0.6) is 11.5 Å². The van der Waals surface area contributed by atoms with Gasteiger partial charge in [-0.05, 0) is 24.3 Å². The minimum atomic E-state index is -2.87. The van der Waals surface area contributed by atoms with E-state index in [1.807, 2.05) is 0 Å². The van der Waals surface area contributed by atoms with Gasteiger partial charge in [-0.1, -0.05) is 0 Å². The Morgan fingerprint density at radius 3 is 1.92 bits per heavy atom. The lowest BCUT2D eigenvalue weighted by atomic mass is 10.3. The molecule has 0 heterocycles. The smallest absolute Gasteiger partial charge is 0.387 e. The van der Waals surface area contributed by atoms with Gasteiger partial charge in [0, 0.05) is 4.53 Å². The van der Waals surface area contributed by atoms with E-state index in [4.69, 9.17) is 0 Å². The average molecular weight is 178 g/mol. The van der Waals surface area contributed by atoms with Gasteiger partial charge in [0.1, 0.15) is 5.75 Å². The van der Waals surface area contributed by atoms with Crippen LogP contribution in [0.4, 0.5) is 13.3 Å². The Kier molecular flexibility index (Phi) is 2.79. The van der Waals surface area contributed by atoms with Gasteiger partial charge >= 0.3 is 6.61 Å². The van der Waals surface area contributed by atoms with Crippen molar-refractivity contribution in [1.29, 1.82) is 0 Å². The lowest BCUT2D eigenvalue weighted by molar-refractivity contribution is -0.0500. The molecule has 0 aromatic heterocycles. The highest BCUT2D eigenvalue weighted by Crippen LogP contribution is 2.19. The third kappa shape index (κ3) is 2.34. The number of hydrogen-bond acceptors (Lipinski definition) is 2. The Morgan fingerprint density at radius 1 is 1.00 bits per heavy atom. The highest BCUT2D eigenvalue weighted by Gasteiger charge is 2.03. The third-order valence-corrected chi connectivity index (χ3v) is 1.14. The van der Waals surface area contributed by atoms with Crippen molar-refractivity contribution in [3.05, 3.63) is 24.3 Å². The van der Waals surface area contributed by atoms with Crippen molar-refractivity contribution in [3.63, 3.8) is 0 Å². The van der Waals surface area contributed by atoms with Crippen LogP contribution in [0.15, 0.2) is 24.3 Å². The summed E-state index contributed by atoms with van der Waals surface area (Å²) in [6.45, 7) is -2.87. The maximum absolute atomic E-state index is 11.6. The Balaban J connectivity index is 2.65. The molecule has 0 spiro atoms. The van der Waals surface area contributed by atoms with Crippen LogP contribution in [0.3, 0.4) is 0 Å². The fourth-order valence-electron chi connectivity index (χ4n) is 0.673. The molecule has 1 rings (SSSR count). The molecular weight excluding hydrogens is 173 g/mol. The van der Waals surface area contributed by atoms with Crippen molar-refractivity contribution in [3.8, 4) is 11.5 Å². The number of rotatable bonds is 3. The predicted octanol–water partition coefficient (Wildman–Crippen LogP) is 2.55.